The molecule has 3 aromatic rings. The molecule has 1 saturated heterocycles. The average Bonchev–Trinajstić information content (AvgIpc) is 3.19. The number of piperazine rings is 1. The molecule has 2 fully saturated rings. The maximum atomic E-state index is 4.79. The van der Waals surface area contributed by atoms with Gasteiger partial charge in [0.1, 0.15) is 0 Å². The van der Waals surface area contributed by atoms with Gasteiger partial charge in [0, 0.05) is 31.9 Å². The van der Waals surface area contributed by atoms with Crippen LogP contribution in [0.5, 0.6) is 0 Å². The van der Waals surface area contributed by atoms with Gasteiger partial charge in [-0.25, -0.2) is 4.98 Å². The lowest BCUT2D eigenvalue weighted by Crippen LogP contribution is -2.44. The number of hydrogen-bond acceptors (Lipinski definition) is 3. The fourth-order valence-corrected chi connectivity index (χ4v) is 5.26. The van der Waals surface area contributed by atoms with E-state index in [2.05, 4.69) is 76.3 Å². The molecule has 152 valence electrons. The van der Waals surface area contributed by atoms with Crippen molar-refractivity contribution in [2.24, 2.45) is 5.92 Å². The molecule has 0 N–H and O–H groups in total. The van der Waals surface area contributed by atoms with Crippen LogP contribution in [0.25, 0.3) is 11.0 Å². The van der Waals surface area contributed by atoms with Gasteiger partial charge >= 0.3 is 0 Å². The van der Waals surface area contributed by atoms with Gasteiger partial charge < -0.3 is 14.4 Å². The smallest absolute Gasteiger partial charge is 0.0964 e. The molecular formula is C25H32N4. The molecule has 2 aliphatic rings. The van der Waals surface area contributed by atoms with Crippen molar-refractivity contribution in [1.29, 1.82) is 0 Å². The molecule has 0 spiro atoms. The summed E-state index contributed by atoms with van der Waals surface area (Å²) in [7, 11) is 2.21. The average molecular weight is 389 g/mol. The first-order chi connectivity index (χ1) is 14.3. The van der Waals surface area contributed by atoms with Gasteiger partial charge in [-0.15, -0.1) is 0 Å². The SMILES string of the molecule is CN1CCN(c2ccc3ncn(C(c4ccccc4)C4CCCCC4)c3c2)CC1. The van der Waals surface area contributed by atoms with Crippen molar-refractivity contribution in [1.82, 2.24) is 14.5 Å². The summed E-state index contributed by atoms with van der Waals surface area (Å²) in [6.07, 6.45) is 8.82. The van der Waals surface area contributed by atoms with Crippen LogP contribution in [0.1, 0.15) is 43.7 Å². The third-order valence-electron chi connectivity index (χ3n) is 6.96. The predicted molar refractivity (Wildman–Crippen MR) is 121 cm³/mol. The summed E-state index contributed by atoms with van der Waals surface area (Å²) in [5, 5.41) is 0. The number of aromatic nitrogens is 2. The van der Waals surface area contributed by atoms with Crippen LogP contribution in [-0.2, 0) is 0 Å². The topological polar surface area (TPSA) is 24.3 Å². The zero-order valence-electron chi connectivity index (χ0n) is 17.5. The Morgan fingerprint density at radius 3 is 2.41 bits per heavy atom. The number of anilines is 1. The quantitative estimate of drug-likeness (QED) is 0.631. The minimum absolute atomic E-state index is 0.379. The summed E-state index contributed by atoms with van der Waals surface area (Å²) in [6, 6.07) is 18.3. The molecule has 5 rings (SSSR count). The van der Waals surface area contributed by atoms with Crippen molar-refractivity contribution in [3.05, 3.63) is 60.4 Å². The standard InChI is InChI=1S/C25H32N4/c1-27-14-16-28(17-15-27)22-12-13-23-24(18-22)29(19-26-23)25(20-8-4-2-5-9-20)21-10-6-3-7-11-21/h2,4-5,8-9,12-13,18-19,21,25H,3,6-7,10-11,14-17H2,1H3. The predicted octanol–water partition coefficient (Wildman–Crippen LogP) is 4.96. The summed E-state index contributed by atoms with van der Waals surface area (Å²) in [5.74, 6) is 0.691. The second-order valence-electron chi connectivity index (χ2n) is 8.87. The number of hydrogen-bond donors (Lipinski definition) is 0. The van der Waals surface area contributed by atoms with Crippen LogP contribution >= 0.6 is 0 Å². The molecule has 29 heavy (non-hydrogen) atoms. The monoisotopic (exact) mass is 388 g/mol. The summed E-state index contributed by atoms with van der Waals surface area (Å²) in [4.78, 5) is 9.73. The second-order valence-corrected chi connectivity index (χ2v) is 8.87. The van der Waals surface area contributed by atoms with Crippen molar-refractivity contribution < 1.29 is 0 Å². The molecule has 1 atom stereocenters. The van der Waals surface area contributed by atoms with E-state index < -0.39 is 0 Å². The van der Waals surface area contributed by atoms with E-state index in [9.17, 15) is 0 Å². The third kappa shape index (κ3) is 3.78. The largest absolute Gasteiger partial charge is 0.369 e. The van der Waals surface area contributed by atoms with Crippen LogP contribution in [0.15, 0.2) is 54.9 Å². The van der Waals surface area contributed by atoms with Crippen LogP contribution in [0.4, 0.5) is 5.69 Å². The molecule has 1 unspecified atom stereocenters. The maximum Gasteiger partial charge on any atom is 0.0964 e. The van der Waals surface area contributed by atoms with Crippen LogP contribution in [0, 0.1) is 5.92 Å². The second kappa shape index (κ2) is 8.19. The molecule has 1 saturated carbocycles. The number of likely N-dealkylation sites (N-methyl/N-ethyl adjacent to an activating group) is 1. The number of rotatable bonds is 4. The van der Waals surface area contributed by atoms with Crippen LogP contribution < -0.4 is 4.90 Å². The normalized spacial score (nSPS) is 20.2. The van der Waals surface area contributed by atoms with E-state index >= 15 is 0 Å². The molecule has 2 heterocycles. The van der Waals surface area contributed by atoms with Crippen molar-refractivity contribution in [2.45, 2.75) is 38.1 Å². The Morgan fingerprint density at radius 1 is 0.897 bits per heavy atom. The lowest BCUT2D eigenvalue weighted by atomic mass is 9.81. The lowest BCUT2D eigenvalue weighted by molar-refractivity contribution is 0.282. The Kier molecular flexibility index (Phi) is 5.28. The van der Waals surface area contributed by atoms with E-state index in [0.29, 0.717) is 12.0 Å². The van der Waals surface area contributed by atoms with Gasteiger partial charge in [0.25, 0.3) is 0 Å². The first-order valence-corrected chi connectivity index (χ1v) is 11.2. The van der Waals surface area contributed by atoms with E-state index in [4.69, 9.17) is 4.98 Å². The molecule has 0 bridgehead atoms. The number of imidazole rings is 1. The summed E-state index contributed by atoms with van der Waals surface area (Å²) < 4.78 is 2.47. The summed E-state index contributed by atoms with van der Waals surface area (Å²) in [6.45, 7) is 4.46. The van der Waals surface area contributed by atoms with E-state index in [0.717, 1.165) is 31.7 Å². The first-order valence-electron chi connectivity index (χ1n) is 11.2. The van der Waals surface area contributed by atoms with Gasteiger partial charge in [-0.3, -0.25) is 0 Å². The Hall–Kier alpha value is -2.33. The minimum Gasteiger partial charge on any atom is -0.369 e. The highest BCUT2D eigenvalue weighted by atomic mass is 15.2. The molecule has 4 heteroatoms. The zero-order chi connectivity index (χ0) is 19.6. The number of benzene rings is 2. The van der Waals surface area contributed by atoms with E-state index in [1.165, 1.54) is 48.9 Å². The summed E-state index contributed by atoms with van der Waals surface area (Å²) >= 11 is 0. The van der Waals surface area contributed by atoms with Crippen LogP contribution in [0.3, 0.4) is 0 Å². The third-order valence-corrected chi connectivity index (χ3v) is 6.96. The van der Waals surface area contributed by atoms with Gasteiger partial charge in [-0.05, 0) is 49.6 Å². The van der Waals surface area contributed by atoms with Crippen LogP contribution in [0.2, 0.25) is 0 Å². The molecule has 0 radical (unpaired) electrons. The fraction of sp³-hybridized carbons (Fsp3) is 0.480. The highest BCUT2D eigenvalue weighted by Gasteiger charge is 2.28. The molecule has 4 nitrogen and oxygen atoms in total. The summed E-state index contributed by atoms with van der Waals surface area (Å²) in [5.41, 5.74) is 5.15. The van der Waals surface area contributed by atoms with Gasteiger partial charge in [-0.1, -0.05) is 49.6 Å². The molecular weight excluding hydrogens is 356 g/mol. The maximum absolute atomic E-state index is 4.79. The Labute approximate surface area is 174 Å². The van der Waals surface area contributed by atoms with E-state index in [1.807, 2.05) is 0 Å². The molecule has 1 aliphatic heterocycles. The lowest BCUT2D eigenvalue weighted by Gasteiger charge is -2.34. The van der Waals surface area contributed by atoms with E-state index in [1.54, 1.807) is 0 Å². The zero-order valence-corrected chi connectivity index (χ0v) is 17.5. The number of fused-ring (bicyclic) bond motifs is 1. The highest BCUT2D eigenvalue weighted by Crippen LogP contribution is 2.39. The van der Waals surface area contributed by atoms with Gasteiger partial charge in [0.2, 0.25) is 0 Å². The van der Waals surface area contributed by atoms with Gasteiger partial charge in [0.05, 0.1) is 23.4 Å². The van der Waals surface area contributed by atoms with Crippen molar-refractivity contribution in [3.63, 3.8) is 0 Å². The van der Waals surface area contributed by atoms with Gasteiger partial charge in [-0.2, -0.15) is 0 Å². The van der Waals surface area contributed by atoms with Crippen molar-refractivity contribution >= 4 is 16.7 Å². The van der Waals surface area contributed by atoms with Gasteiger partial charge in [0.15, 0.2) is 0 Å². The molecule has 2 aromatic carbocycles. The Morgan fingerprint density at radius 2 is 1.66 bits per heavy atom. The minimum atomic E-state index is 0.379. The van der Waals surface area contributed by atoms with Crippen molar-refractivity contribution in [3.8, 4) is 0 Å². The number of nitrogens with zero attached hydrogens (tertiary/aromatic N) is 4. The Bertz CT molecular complexity index is 934. The first kappa shape index (κ1) is 18.7. The molecule has 1 aliphatic carbocycles. The molecule has 1 aromatic heterocycles. The van der Waals surface area contributed by atoms with Crippen LogP contribution in [-0.4, -0.2) is 47.7 Å². The molecule has 0 amide bonds. The van der Waals surface area contributed by atoms with E-state index in [-0.39, 0.29) is 0 Å². The highest BCUT2D eigenvalue weighted by molar-refractivity contribution is 5.80. The fourth-order valence-electron chi connectivity index (χ4n) is 5.26. The Balaban J connectivity index is 1.55. The van der Waals surface area contributed by atoms with Crippen molar-refractivity contribution in [2.75, 3.05) is 38.1 Å².